The lowest BCUT2D eigenvalue weighted by molar-refractivity contribution is 0.448. The van der Waals surface area contributed by atoms with E-state index in [2.05, 4.69) is 80.6 Å². The number of benzene rings is 6. The van der Waals surface area contributed by atoms with Crippen LogP contribution in [0.25, 0.3) is 72.7 Å². The topological polar surface area (TPSA) is 50.9 Å². The van der Waals surface area contributed by atoms with Gasteiger partial charge in [-0.2, -0.15) is 0 Å². The summed E-state index contributed by atoms with van der Waals surface area (Å²) in [5, 5.41) is 12.3. The van der Waals surface area contributed by atoms with Crippen molar-refractivity contribution < 1.29 is 18.8 Å². The molecule has 0 aliphatic rings. The fraction of sp³-hybridized carbons (Fsp3) is 0.250. The zero-order chi connectivity index (χ0) is 51.1. The third-order valence-corrected chi connectivity index (χ3v) is 10.9. The molecule has 4 heteroatoms. The van der Waals surface area contributed by atoms with Crippen LogP contribution in [0, 0.1) is 19.7 Å². The standard InChI is InChI=1S/C56H57N3O/c1-35(2)27-38-21-24-50(46(30-38)40-15-12-11-13-16-40)59-51-18-14-17-45(52(51)58-54(59)47-28-37(4)29-48(53(47)60)56(8,9)10)42-31-43(33-44(32-42)55(5,6)7)49-34-41(25-26-57-49)39-22-19-36(3)20-23-39/h11-26,28-35,60H,27H2,1-10H3/i3D3,19D,20D,22D,23D,25D,26D,34D. The summed E-state index contributed by atoms with van der Waals surface area (Å²) in [4.78, 5) is 9.95. The van der Waals surface area contributed by atoms with Gasteiger partial charge in [0.15, 0.2) is 0 Å². The molecule has 0 radical (unpaired) electrons. The summed E-state index contributed by atoms with van der Waals surface area (Å²) in [5.41, 5.74) is 7.93. The van der Waals surface area contributed by atoms with Gasteiger partial charge in [-0.3, -0.25) is 9.55 Å². The van der Waals surface area contributed by atoms with Gasteiger partial charge in [0.05, 0.1) is 37.6 Å². The van der Waals surface area contributed by atoms with Gasteiger partial charge in [0.1, 0.15) is 11.6 Å². The first kappa shape index (κ1) is 29.9. The number of rotatable bonds is 8. The second kappa shape index (κ2) is 15.7. The fourth-order valence-electron chi connectivity index (χ4n) is 7.87. The highest BCUT2D eigenvalue weighted by molar-refractivity contribution is 5.98. The number of aryl methyl sites for hydroxylation is 1. The Hall–Kier alpha value is -6.26. The number of hydrogen-bond acceptors (Lipinski definition) is 3. The van der Waals surface area contributed by atoms with Crippen LogP contribution < -0.4 is 0 Å². The summed E-state index contributed by atoms with van der Waals surface area (Å²) in [7, 11) is 0. The molecular formula is C56H57N3O. The van der Waals surface area contributed by atoms with Gasteiger partial charge in [0.2, 0.25) is 0 Å². The first-order valence-electron chi connectivity index (χ1n) is 25.5. The third-order valence-electron chi connectivity index (χ3n) is 10.9. The first-order chi connectivity index (χ1) is 32.7. The number of phenolic OH excluding ortho intramolecular Hbond substituents is 1. The van der Waals surface area contributed by atoms with E-state index in [0.717, 1.165) is 51.0 Å². The van der Waals surface area contributed by atoms with E-state index < -0.39 is 71.2 Å². The Labute approximate surface area is 370 Å². The van der Waals surface area contributed by atoms with Crippen LogP contribution in [0.4, 0.5) is 0 Å². The quantitative estimate of drug-likeness (QED) is 0.167. The monoisotopic (exact) mass is 798 g/mol. The molecule has 0 aliphatic heterocycles. The van der Waals surface area contributed by atoms with Gasteiger partial charge in [0, 0.05) is 32.5 Å². The Bertz CT molecular complexity index is 3350. The molecule has 6 aromatic carbocycles. The van der Waals surface area contributed by atoms with Crippen LogP contribution in [0.3, 0.4) is 0 Å². The summed E-state index contributed by atoms with van der Waals surface area (Å²) in [6, 6.07) is 28.4. The summed E-state index contributed by atoms with van der Waals surface area (Å²) in [6.07, 6.45) is 0.319. The maximum absolute atomic E-state index is 12.3. The first-order valence-corrected chi connectivity index (χ1v) is 20.5. The summed E-state index contributed by atoms with van der Waals surface area (Å²) >= 11 is 0. The van der Waals surface area contributed by atoms with Gasteiger partial charge in [-0.05, 0) is 124 Å². The van der Waals surface area contributed by atoms with Crippen LogP contribution in [0.15, 0.2) is 139 Å². The van der Waals surface area contributed by atoms with Crippen molar-refractivity contribution in [2.75, 3.05) is 0 Å². The average molecular weight is 798 g/mol. The Balaban J connectivity index is 1.45. The van der Waals surface area contributed by atoms with Crippen LogP contribution in [-0.2, 0) is 17.3 Å². The molecule has 8 rings (SSSR count). The van der Waals surface area contributed by atoms with Crippen LogP contribution in [0.5, 0.6) is 5.75 Å². The lowest BCUT2D eigenvalue weighted by Crippen LogP contribution is -2.12. The zero-order valence-corrected chi connectivity index (χ0v) is 35.8. The Morgan fingerprint density at radius 1 is 0.683 bits per heavy atom. The van der Waals surface area contributed by atoms with Crippen molar-refractivity contribution in [1.29, 1.82) is 0 Å². The van der Waals surface area contributed by atoms with Gasteiger partial charge in [0.25, 0.3) is 0 Å². The number of pyridine rings is 1. The molecule has 1 N–H and O–H groups in total. The molecule has 0 saturated heterocycles. The molecule has 302 valence electrons. The lowest BCUT2D eigenvalue weighted by Gasteiger charge is -2.23. The van der Waals surface area contributed by atoms with Crippen molar-refractivity contribution in [2.45, 2.75) is 86.4 Å². The molecule has 0 fully saturated rings. The summed E-state index contributed by atoms with van der Waals surface area (Å²) in [5.74, 6) is 1.09. The highest BCUT2D eigenvalue weighted by Crippen LogP contribution is 2.44. The second-order valence-corrected chi connectivity index (χ2v) is 18.2. The van der Waals surface area contributed by atoms with E-state index in [1.165, 1.54) is 5.56 Å². The van der Waals surface area contributed by atoms with E-state index in [-0.39, 0.29) is 17.0 Å². The minimum atomic E-state index is -2.96. The number of fused-ring (bicyclic) bond motifs is 1. The highest BCUT2D eigenvalue weighted by atomic mass is 16.3. The van der Waals surface area contributed by atoms with Crippen molar-refractivity contribution in [1.82, 2.24) is 14.5 Å². The number of hydrogen-bond donors (Lipinski definition) is 1. The molecule has 2 heterocycles. The molecule has 4 nitrogen and oxygen atoms in total. The van der Waals surface area contributed by atoms with Crippen molar-refractivity contribution in [3.63, 3.8) is 0 Å². The largest absolute Gasteiger partial charge is 0.507 e. The number of aromatic nitrogens is 3. The summed E-state index contributed by atoms with van der Waals surface area (Å²) in [6.45, 7) is 15.8. The van der Waals surface area contributed by atoms with Crippen LogP contribution in [-0.4, -0.2) is 19.6 Å². The molecule has 0 unspecified atom stereocenters. The molecule has 0 spiro atoms. The van der Waals surface area contributed by atoms with Crippen molar-refractivity contribution in [2.24, 2.45) is 5.92 Å². The van der Waals surface area contributed by atoms with E-state index in [1.807, 2.05) is 88.4 Å². The average Bonchev–Trinajstić information content (AvgIpc) is 3.67. The maximum Gasteiger partial charge on any atom is 0.149 e. The number of imidazole rings is 1. The number of para-hydroxylation sites is 1. The van der Waals surface area contributed by atoms with Crippen LogP contribution in [0.1, 0.15) is 96.9 Å². The molecular weight excluding hydrogens is 731 g/mol. The van der Waals surface area contributed by atoms with E-state index in [1.54, 1.807) is 0 Å². The number of aromatic hydroxyl groups is 1. The molecule has 0 amide bonds. The summed E-state index contributed by atoms with van der Waals surface area (Å²) < 4.78 is 88.1. The predicted molar refractivity (Wildman–Crippen MR) is 253 cm³/mol. The lowest BCUT2D eigenvalue weighted by atomic mass is 9.83. The smallest absolute Gasteiger partial charge is 0.149 e. The van der Waals surface area contributed by atoms with Gasteiger partial charge < -0.3 is 5.11 Å². The molecule has 2 aromatic heterocycles. The van der Waals surface area contributed by atoms with Gasteiger partial charge >= 0.3 is 0 Å². The van der Waals surface area contributed by atoms with Crippen molar-refractivity contribution in [3.8, 4) is 67.5 Å². The Morgan fingerprint density at radius 2 is 1.43 bits per heavy atom. The van der Waals surface area contributed by atoms with Crippen molar-refractivity contribution in [3.05, 3.63) is 167 Å². The number of nitrogens with zero attached hydrogens (tertiary/aromatic N) is 3. The van der Waals surface area contributed by atoms with Gasteiger partial charge in [-0.25, -0.2) is 4.98 Å². The second-order valence-electron chi connectivity index (χ2n) is 18.2. The van der Waals surface area contributed by atoms with E-state index in [4.69, 9.17) is 17.3 Å². The minimum absolute atomic E-state index is 0.0353. The minimum Gasteiger partial charge on any atom is -0.507 e. The van der Waals surface area contributed by atoms with E-state index in [9.17, 15) is 6.48 Å². The molecule has 0 saturated carbocycles. The Morgan fingerprint density at radius 3 is 2.13 bits per heavy atom. The zero-order valence-electron chi connectivity index (χ0n) is 45.8. The van der Waals surface area contributed by atoms with Crippen molar-refractivity contribution >= 4 is 11.0 Å². The SMILES string of the molecule is [2H]c1nc(-c2cc(-c3cccc4c3nc(-c3cc(C)cc(C(C)(C)C)c3O)n4-c3ccc(CC(C)C)cc3-c3ccccc3)cc(C(C)(C)C)c2)c([2H])c(-c2c([2H])c([2H])c(C([2H])([2H])[2H])c([2H])c2[2H])c1[2H]. The molecule has 0 atom stereocenters. The van der Waals surface area contributed by atoms with E-state index in [0.29, 0.717) is 33.9 Å². The van der Waals surface area contributed by atoms with Gasteiger partial charge in [-0.15, -0.1) is 0 Å². The van der Waals surface area contributed by atoms with E-state index >= 15 is 0 Å². The highest BCUT2D eigenvalue weighted by Gasteiger charge is 2.27. The third kappa shape index (κ3) is 8.04. The molecule has 60 heavy (non-hydrogen) atoms. The fourth-order valence-corrected chi connectivity index (χ4v) is 7.87. The normalized spacial score (nSPS) is 14.7. The van der Waals surface area contributed by atoms with Crippen LogP contribution in [0.2, 0.25) is 0 Å². The number of phenols is 1. The molecule has 8 aromatic rings. The van der Waals surface area contributed by atoms with Gasteiger partial charge in [-0.1, -0.05) is 146 Å². The van der Waals surface area contributed by atoms with Crippen LogP contribution >= 0.6 is 0 Å². The molecule has 0 bridgehead atoms. The molecule has 0 aliphatic carbocycles. The maximum atomic E-state index is 12.3. The Kier molecular flexibility index (Phi) is 7.83. The predicted octanol–water partition coefficient (Wildman–Crippen LogP) is 14.9.